The molecule has 33 heavy (non-hydrogen) atoms. The van der Waals surface area contributed by atoms with Crippen LogP contribution in [0.2, 0.25) is 0 Å². The molecule has 0 aliphatic heterocycles. The van der Waals surface area contributed by atoms with Crippen molar-refractivity contribution in [3.05, 3.63) is 83.9 Å². The number of carbonyl (C=O) groups is 2. The first-order valence-electron chi connectivity index (χ1n) is 9.22. The Morgan fingerprint density at radius 1 is 0.788 bits per heavy atom. The van der Waals surface area contributed by atoms with Gasteiger partial charge in [-0.05, 0) is 64.1 Å². The zero-order chi connectivity index (χ0) is 25.1. The summed E-state index contributed by atoms with van der Waals surface area (Å²) in [6, 6.07) is 5.66. The Labute approximate surface area is 205 Å². The SMILES string of the molecule is CC(O)=CC(C)O.CC(O)=CC(C)O.O=C(O)c1ccncc1.O=C([O-])c1ccncc1.[Ru]. The zero-order valence-corrected chi connectivity index (χ0v) is 20.4. The number of allylic oxidation sites excluding steroid dienone is 2. The van der Waals surface area contributed by atoms with Gasteiger partial charge in [0, 0.05) is 49.8 Å². The molecule has 2 aromatic rings. The molecule has 2 aromatic heterocycles. The largest absolute Gasteiger partial charge is 0.545 e. The minimum absolute atomic E-state index is 0. The van der Waals surface area contributed by atoms with Crippen molar-refractivity contribution in [2.24, 2.45) is 0 Å². The molecule has 0 radical (unpaired) electrons. The summed E-state index contributed by atoms with van der Waals surface area (Å²) in [6.07, 6.45) is 7.36. The molecule has 0 amide bonds. The molecule has 10 nitrogen and oxygen atoms in total. The number of aliphatic hydroxyl groups is 4. The van der Waals surface area contributed by atoms with Crippen molar-refractivity contribution < 1.29 is 59.7 Å². The van der Waals surface area contributed by atoms with E-state index >= 15 is 0 Å². The number of hydrogen-bond acceptors (Lipinski definition) is 9. The molecule has 5 N–H and O–H groups in total. The summed E-state index contributed by atoms with van der Waals surface area (Å²) in [7, 11) is 0. The Bertz CT molecular complexity index is 762. The van der Waals surface area contributed by atoms with Crippen molar-refractivity contribution in [3.8, 4) is 0 Å². The molecule has 2 atom stereocenters. The number of carboxylic acid groups (broad SMARTS) is 2. The minimum atomic E-state index is -1.17. The van der Waals surface area contributed by atoms with Crippen molar-refractivity contribution in [2.45, 2.75) is 39.9 Å². The van der Waals surface area contributed by atoms with Crippen LogP contribution < -0.4 is 5.11 Å². The Morgan fingerprint density at radius 3 is 1.21 bits per heavy atom. The van der Waals surface area contributed by atoms with E-state index in [0.717, 1.165) is 0 Å². The zero-order valence-electron chi connectivity index (χ0n) is 18.6. The summed E-state index contributed by atoms with van der Waals surface area (Å²) >= 11 is 0. The van der Waals surface area contributed by atoms with Gasteiger partial charge in [-0.25, -0.2) is 4.79 Å². The van der Waals surface area contributed by atoms with E-state index in [9.17, 15) is 14.7 Å². The van der Waals surface area contributed by atoms with E-state index in [0.29, 0.717) is 0 Å². The number of pyridine rings is 2. The first-order chi connectivity index (χ1) is 14.9. The average molecular weight is 551 g/mol. The molecule has 2 unspecified atom stereocenters. The van der Waals surface area contributed by atoms with Crippen molar-refractivity contribution in [1.29, 1.82) is 0 Å². The number of hydrogen-bond donors (Lipinski definition) is 5. The molecule has 2 rings (SSSR count). The van der Waals surface area contributed by atoms with Crippen LogP contribution in [-0.4, -0.2) is 59.6 Å². The molecule has 2 heterocycles. The van der Waals surface area contributed by atoms with Crippen LogP contribution in [0.3, 0.4) is 0 Å². The van der Waals surface area contributed by atoms with Crippen LogP contribution in [-0.2, 0) is 19.5 Å². The number of carboxylic acids is 2. The predicted octanol–water partition coefficient (Wildman–Crippen LogP) is 1.88. The van der Waals surface area contributed by atoms with Crippen molar-refractivity contribution in [2.75, 3.05) is 0 Å². The van der Waals surface area contributed by atoms with E-state index in [1.54, 1.807) is 13.8 Å². The average Bonchev–Trinajstić information content (AvgIpc) is 2.68. The molecule has 0 bridgehead atoms. The maximum absolute atomic E-state index is 10.2. The molecule has 184 valence electrons. The van der Waals surface area contributed by atoms with Gasteiger partial charge in [-0.2, -0.15) is 0 Å². The topological polar surface area (TPSA) is 184 Å². The van der Waals surface area contributed by atoms with Gasteiger partial charge in [0.1, 0.15) is 0 Å². The van der Waals surface area contributed by atoms with Crippen molar-refractivity contribution >= 4 is 11.9 Å². The molecule has 11 heteroatoms. The fourth-order valence-corrected chi connectivity index (χ4v) is 1.68. The Hall–Kier alpha value is -3.14. The third-order valence-electron chi connectivity index (χ3n) is 2.81. The fourth-order valence-electron chi connectivity index (χ4n) is 1.68. The van der Waals surface area contributed by atoms with Crippen molar-refractivity contribution in [1.82, 2.24) is 9.97 Å². The second-order valence-electron chi connectivity index (χ2n) is 6.16. The Balaban J connectivity index is -0.000000363. The number of aromatic nitrogens is 2. The first kappa shape index (κ1) is 34.5. The molecule has 0 saturated heterocycles. The number of carbonyl (C=O) groups excluding carboxylic acids is 1. The third-order valence-corrected chi connectivity index (χ3v) is 2.81. The van der Waals surface area contributed by atoms with Crippen LogP contribution in [0.4, 0.5) is 0 Å². The first-order valence-corrected chi connectivity index (χ1v) is 9.22. The fraction of sp³-hybridized carbons (Fsp3) is 0.273. The van der Waals surface area contributed by atoms with Crippen molar-refractivity contribution in [3.63, 3.8) is 0 Å². The number of aromatic carboxylic acids is 2. The van der Waals surface area contributed by atoms with Gasteiger partial charge in [-0.1, -0.05) is 0 Å². The number of nitrogens with zero attached hydrogens (tertiary/aromatic N) is 2. The molecular weight excluding hydrogens is 521 g/mol. The molecule has 0 aliphatic rings. The molecule has 0 saturated carbocycles. The van der Waals surface area contributed by atoms with E-state index < -0.39 is 24.1 Å². The quantitative estimate of drug-likeness (QED) is 0.278. The Morgan fingerprint density at radius 2 is 1.09 bits per heavy atom. The van der Waals surface area contributed by atoms with E-state index in [1.807, 2.05) is 0 Å². The van der Waals surface area contributed by atoms with Gasteiger partial charge in [-0.3, -0.25) is 9.97 Å². The summed E-state index contributed by atoms with van der Waals surface area (Å²) in [6.45, 7) is 6.21. The maximum atomic E-state index is 10.2. The molecular formula is C22H29N2O8Ru-. The van der Waals surface area contributed by atoms with Crippen LogP contribution in [0.25, 0.3) is 0 Å². The van der Waals surface area contributed by atoms with Gasteiger partial charge in [0.15, 0.2) is 0 Å². The van der Waals surface area contributed by atoms with Gasteiger partial charge < -0.3 is 35.4 Å². The number of rotatable bonds is 4. The third kappa shape index (κ3) is 25.0. The van der Waals surface area contributed by atoms with Gasteiger partial charge in [0.2, 0.25) is 0 Å². The molecule has 0 fully saturated rings. The molecule has 0 aliphatic carbocycles. The van der Waals surface area contributed by atoms with E-state index in [2.05, 4.69) is 9.97 Å². The summed E-state index contributed by atoms with van der Waals surface area (Å²) in [5, 5.41) is 52.2. The summed E-state index contributed by atoms with van der Waals surface area (Å²) in [5.41, 5.74) is 0.426. The van der Waals surface area contributed by atoms with Crippen LogP contribution in [0.1, 0.15) is 48.4 Å². The van der Waals surface area contributed by atoms with E-state index in [-0.39, 0.29) is 42.1 Å². The van der Waals surface area contributed by atoms with Crippen LogP contribution in [0.5, 0.6) is 0 Å². The molecule has 0 spiro atoms. The van der Waals surface area contributed by atoms with Crippen LogP contribution >= 0.6 is 0 Å². The normalized spacial score (nSPS) is 11.9. The van der Waals surface area contributed by atoms with Gasteiger partial charge >= 0.3 is 5.97 Å². The summed E-state index contributed by atoms with van der Waals surface area (Å²) < 4.78 is 0. The smallest absolute Gasteiger partial charge is 0.335 e. The predicted molar refractivity (Wildman–Crippen MR) is 116 cm³/mol. The van der Waals surface area contributed by atoms with Gasteiger partial charge in [0.25, 0.3) is 0 Å². The monoisotopic (exact) mass is 551 g/mol. The minimum Gasteiger partial charge on any atom is -0.545 e. The van der Waals surface area contributed by atoms with Gasteiger partial charge in [0.05, 0.1) is 35.3 Å². The van der Waals surface area contributed by atoms with E-state index in [1.165, 1.54) is 75.1 Å². The molecule has 0 aromatic carbocycles. The van der Waals surface area contributed by atoms with Gasteiger partial charge in [-0.15, -0.1) is 0 Å². The Kier molecular flexibility index (Phi) is 21.7. The van der Waals surface area contributed by atoms with Crippen LogP contribution in [0, 0.1) is 0 Å². The summed E-state index contributed by atoms with van der Waals surface area (Å²) in [4.78, 5) is 27.5. The van der Waals surface area contributed by atoms with Crippen LogP contribution in [0.15, 0.2) is 72.7 Å². The second-order valence-corrected chi connectivity index (χ2v) is 6.16. The number of aliphatic hydroxyl groups excluding tert-OH is 4. The maximum Gasteiger partial charge on any atom is 0.335 e. The van der Waals surface area contributed by atoms with E-state index in [4.69, 9.17) is 25.5 Å². The second kappa shape index (κ2) is 20.7. The standard InChI is InChI=1S/2C6H5NO2.2C5H10O2.Ru/c2*8-6(9)5-1-3-7-4-2-5;2*1-4(6)3-5(2)7;/h2*1-4H,(H,8,9);2*3-4,6-7H,1-2H3;/p-1. The summed E-state index contributed by atoms with van der Waals surface area (Å²) in [5.74, 6) is -1.76.